The summed E-state index contributed by atoms with van der Waals surface area (Å²) in [5.74, 6) is 0.0209. The van der Waals surface area contributed by atoms with Crippen molar-refractivity contribution < 1.29 is 23.8 Å². The first-order valence-corrected chi connectivity index (χ1v) is 16.1. The number of halogens is 2. The number of rotatable bonds is 10. The van der Waals surface area contributed by atoms with Gasteiger partial charge in [-0.15, -0.1) is 0 Å². The van der Waals surface area contributed by atoms with Crippen LogP contribution in [0.15, 0.2) is 60.7 Å². The average molecular weight is 655 g/mol. The van der Waals surface area contributed by atoms with Crippen molar-refractivity contribution in [2.45, 2.75) is 49.5 Å². The molecule has 3 aromatic rings. The van der Waals surface area contributed by atoms with E-state index in [2.05, 4.69) is 12.2 Å². The fourth-order valence-corrected chi connectivity index (χ4v) is 8.32. The van der Waals surface area contributed by atoms with Crippen LogP contribution in [0.4, 0.5) is 0 Å². The van der Waals surface area contributed by atoms with E-state index in [1.807, 2.05) is 47.4 Å². The third-order valence-corrected chi connectivity index (χ3v) is 10.5. The van der Waals surface area contributed by atoms with Gasteiger partial charge in [-0.2, -0.15) is 0 Å². The number of carbonyl (C=O) groups excluding carboxylic acids is 2. The Balaban J connectivity index is 1.83. The lowest BCUT2D eigenvalue weighted by atomic mass is 9.51. The van der Waals surface area contributed by atoms with Gasteiger partial charge in [0.15, 0.2) is 11.5 Å². The molecule has 4 atom stereocenters. The zero-order valence-corrected chi connectivity index (χ0v) is 27.7. The zero-order valence-electron chi connectivity index (χ0n) is 26.2. The standard InChI is InChI=1S/C35H41Cl2N3O5/c1-5-14-35(25-13-16-39-21-25)31(22-11-12-26(36)27(37)18-22)34(33(38)42,24-9-7-6-8-10-24)15-17-40(35)32(41)23-19-28(43-2)30(45-4)29(20-23)44-3/h6-12,18-20,25,31,39H,5,13-17,21H2,1-4H3,(H2,38,42). The Hall–Kier alpha value is -3.46. The highest BCUT2D eigenvalue weighted by Gasteiger charge is 2.64. The van der Waals surface area contributed by atoms with Crippen LogP contribution in [0, 0.1) is 5.92 Å². The quantitative estimate of drug-likeness (QED) is 0.269. The number of methoxy groups -OCH3 is 3. The molecule has 3 aromatic carbocycles. The van der Waals surface area contributed by atoms with E-state index in [1.54, 1.807) is 18.2 Å². The number of hydrogen-bond donors (Lipinski definition) is 2. The van der Waals surface area contributed by atoms with Gasteiger partial charge in [0.2, 0.25) is 11.7 Å². The van der Waals surface area contributed by atoms with E-state index in [9.17, 15) is 9.59 Å². The van der Waals surface area contributed by atoms with Crippen molar-refractivity contribution in [1.82, 2.24) is 10.2 Å². The molecule has 0 aromatic heterocycles. The van der Waals surface area contributed by atoms with Crippen molar-refractivity contribution in [3.63, 3.8) is 0 Å². The van der Waals surface area contributed by atoms with Crippen molar-refractivity contribution in [2.75, 3.05) is 41.0 Å². The SMILES string of the molecule is CCCC1(C2CCNC2)C(c2ccc(Cl)c(Cl)c2)C(C(N)=O)(c2ccccc2)CCN1C(=O)c1cc(OC)c(OC)c(OC)c1. The van der Waals surface area contributed by atoms with Crippen LogP contribution >= 0.6 is 23.2 Å². The molecule has 2 aliphatic heterocycles. The van der Waals surface area contributed by atoms with Crippen LogP contribution in [0.5, 0.6) is 17.2 Å². The van der Waals surface area contributed by atoms with Crippen molar-refractivity contribution in [1.29, 1.82) is 0 Å². The van der Waals surface area contributed by atoms with Gasteiger partial charge in [0, 0.05) is 24.6 Å². The highest BCUT2D eigenvalue weighted by molar-refractivity contribution is 6.42. The molecule has 0 saturated carbocycles. The molecule has 2 saturated heterocycles. The third kappa shape index (κ3) is 5.51. The van der Waals surface area contributed by atoms with Gasteiger partial charge in [-0.05, 0) is 67.1 Å². The summed E-state index contributed by atoms with van der Waals surface area (Å²) >= 11 is 13.1. The predicted octanol–water partition coefficient (Wildman–Crippen LogP) is 6.22. The zero-order chi connectivity index (χ0) is 32.4. The summed E-state index contributed by atoms with van der Waals surface area (Å²) < 4.78 is 16.8. The van der Waals surface area contributed by atoms with Crippen molar-refractivity contribution >= 4 is 35.0 Å². The maximum absolute atomic E-state index is 15.0. The molecule has 5 rings (SSSR count). The summed E-state index contributed by atoms with van der Waals surface area (Å²) in [6.45, 7) is 3.90. The molecule has 240 valence electrons. The molecule has 2 amide bonds. The van der Waals surface area contributed by atoms with Crippen LogP contribution in [0.25, 0.3) is 0 Å². The van der Waals surface area contributed by atoms with E-state index in [4.69, 9.17) is 43.1 Å². The molecule has 2 heterocycles. The molecule has 0 radical (unpaired) electrons. The van der Waals surface area contributed by atoms with Gasteiger partial charge in [-0.1, -0.05) is 72.9 Å². The smallest absolute Gasteiger partial charge is 0.254 e. The van der Waals surface area contributed by atoms with E-state index in [-0.39, 0.29) is 11.8 Å². The summed E-state index contributed by atoms with van der Waals surface area (Å²) in [4.78, 5) is 31.1. The van der Waals surface area contributed by atoms with E-state index in [1.165, 1.54) is 21.3 Å². The van der Waals surface area contributed by atoms with E-state index in [0.717, 1.165) is 30.5 Å². The predicted molar refractivity (Wildman–Crippen MR) is 177 cm³/mol. The number of nitrogens with two attached hydrogens (primary N) is 1. The summed E-state index contributed by atoms with van der Waals surface area (Å²) in [5, 5.41) is 4.32. The van der Waals surface area contributed by atoms with Crippen molar-refractivity contribution in [3.05, 3.63) is 87.4 Å². The van der Waals surface area contributed by atoms with Gasteiger partial charge >= 0.3 is 0 Å². The minimum Gasteiger partial charge on any atom is -0.493 e. The third-order valence-electron chi connectivity index (χ3n) is 9.81. The first kappa shape index (κ1) is 32.9. The molecular formula is C35H41Cl2N3O5. The second-order valence-corrected chi connectivity index (χ2v) is 12.7. The number of piperidine rings is 1. The van der Waals surface area contributed by atoms with Crippen LogP contribution in [0.1, 0.15) is 60.0 Å². The lowest BCUT2D eigenvalue weighted by molar-refractivity contribution is -0.132. The molecule has 8 nitrogen and oxygen atoms in total. The Morgan fingerprint density at radius 3 is 2.20 bits per heavy atom. The molecule has 3 N–H and O–H groups in total. The molecule has 4 unspecified atom stereocenters. The number of amides is 2. The number of benzene rings is 3. The lowest BCUT2D eigenvalue weighted by Gasteiger charge is -2.61. The Morgan fingerprint density at radius 2 is 1.67 bits per heavy atom. The van der Waals surface area contributed by atoms with Gasteiger partial charge in [0.05, 0.1) is 42.3 Å². The van der Waals surface area contributed by atoms with Crippen molar-refractivity contribution in [2.24, 2.45) is 11.7 Å². The minimum atomic E-state index is -1.14. The molecule has 0 spiro atoms. The van der Waals surface area contributed by atoms with Gasteiger partial charge in [0.1, 0.15) is 0 Å². The van der Waals surface area contributed by atoms with Crippen LogP contribution < -0.4 is 25.3 Å². The first-order chi connectivity index (χ1) is 21.7. The first-order valence-electron chi connectivity index (χ1n) is 15.3. The maximum Gasteiger partial charge on any atom is 0.254 e. The topological polar surface area (TPSA) is 103 Å². The molecule has 0 bridgehead atoms. The van der Waals surface area contributed by atoms with Gasteiger partial charge in [-0.25, -0.2) is 0 Å². The Labute approximate surface area is 275 Å². The van der Waals surface area contributed by atoms with E-state index >= 15 is 0 Å². The Bertz CT molecular complexity index is 1520. The molecule has 10 heteroatoms. The largest absolute Gasteiger partial charge is 0.493 e. The average Bonchev–Trinajstić information content (AvgIpc) is 3.61. The number of hydrogen-bond acceptors (Lipinski definition) is 6. The van der Waals surface area contributed by atoms with Crippen molar-refractivity contribution in [3.8, 4) is 17.2 Å². The lowest BCUT2D eigenvalue weighted by Crippen LogP contribution is -2.70. The normalized spacial score (nSPS) is 24.7. The maximum atomic E-state index is 15.0. The second kappa shape index (κ2) is 13.5. The number of likely N-dealkylation sites (tertiary alicyclic amines) is 1. The van der Waals surface area contributed by atoms with E-state index in [0.29, 0.717) is 58.8 Å². The molecule has 0 aliphatic carbocycles. The van der Waals surface area contributed by atoms with Gasteiger partial charge in [-0.3, -0.25) is 9.59 Å². The minimum absolute atomic E-state index is 0.00521. The van der Waals surface area contributed by atoms with Crippen LogP contribution in [-0.2, 0) is 10.2 Å². The molecule has 45 heavy (non-hydrogen) atoms. The van der Waals surface area contributed by atoms with Crippen LogP contribution in [-0.4, -0.2) is 63.2 Å². The Morgan fingerprint density at radius 1 is 0.978 bits per heavy atom. The van der Waals surface area contributed by atoms with Crippen LogP contribution in [0.3, 0.4) is 0 Å². The summed E-state index contributed by atoms with van der Waals surface area (Å²) in [6.07, 6.45) is 2.53. The van der Waals surface area contributed by atoms with E-state index < -0.39 is 22.8 Å². The highest BCUT2D eigenvalue weighted by atomic mass is 35.5. The fraction of sp³-hybridized carbons (Fsp3) is 0.429. The number of carbonyl (C=O) groups is 2. The summed E-state index contributed by atoms with van der Waals surface area (Å²) in [6, 6.07) is 18.6. The highest BCUT2D eigenvalue weighted by Crippen LogP contribution is 2.59. The van der Waals surface area contributed by atoms with Gasteiger partial charge < -0.3 is 30.2 Å². The number of nitrogens with zero attached hydrogens (tertiary/aromatic N) is 1. The molecule has 2 fully saturated rings. The monoisotopic (exact) mass is 653 g/mol. The Kier molecular flexibility index (Phi) is 9.87. The summed E-state index contributed by atoms with van der Waals surface area (Å²) in [5.41, 5.74) is 6.58. The molecular weight excluding hydrogens is 613 g/mol. The summed E-state index contributed by atoms with van der Waals surface area (Å²) in [7, 11) is 4.58. The molecule has 2 aliphatic rings. The van der Waals surface area contributed by atoms with Gasteiger partial charge in [0.25, 0.3) is 5.91 Å². The second-order valence-electron chi connectivity index (χ2n) is 11.9. The fourth-order valence-electron chi connectivity index (χ4n) is 8.01. The van der Waals surface area contributed by atoms with Crippen LogP contribution in [0.2, 0.25) is 10.0 Å². The number of ether oxygens (including phenoxy) is 3. The number of nitrogens with one attached hydrogen (secondary N) is 1. The number of primary amides is 1.